The maximum absolute atomic E-state index is 12.4. The number of amides is 2. The molecule has 0 unspecified atom stereocenters. The lowest BCUT2D eigenvalue weighted by Crippen LogP contribution is -2.19. The number of halogens is 1. The number of carbonyl (C=O) groups excluding carboxylic acids is 2. The zero-order chi connectivity index (χ0) is 24.2. The number of fused-ring (bicyclic) bond motifs is 2. The molecule has 2 amide bonds. The summed E-state index contributed by atoms with van der Waals surface area (Å²) in [4.78, 5) is 24.7. The fraction of sp³-hybridized carbons (Fsp3) is 0.0385. The average molecular weight is 500 g/mol. The standard InChI is InChI=1S/C26H18ClN5O2S/c27-19-11-9-16(10-12-19)25(34)29-26-32-31-24(35-26)14-23(33)30-28-15-22-20-7-3-1-5-17(20)13-18-6-2-4-8-21(18)22/h1-13,15H,14H2,(H,30,33)(H,29,32,34)/b28-15-. The second kappa shape index (κ2) is 10.0. The van der Waals surface area contributed by atoms with E-state index in [9.17, 15) is 9.59 Å². The zero-order valence-electron chi connectivity index (χ0n) is 18.2. The van der Waals surface area contributed by atoms with Crippen LogP contribution in [0.15, 0.2) is 84.0 Å². The Balaban J connectivity index is 1.25. The minimum Gasteiger partial charge on any atom is -0.296 e. The molecular weight excluding hydrogens is 482 g/mol. The van der Waals surface area contributed by atoms with Crippen LogP contribution in [-0.2, 0) is 11.2 Å². The first-order chi connectivity index (χ1) is 17.1. The third kappa shape index (κ3) is 5.18. The SMILES string of the molecule is O=C(Cc1nnc(NC(=O)c2ccc(Cl)cc2)s1)N/N=C\c1c2ccccc2cc2ccccc12. The quantitative estimate of drug-likeness (QED) is 0.184. The molecule has 4 aromatic carbocycles. The Morgan fingerprint density at radius 1 is 0.914 bits per heavy atom. The van der Waals surface area contributed by atoms with E-state index >= 15 is 0 Å². The van der Waals surface area contributed by atoms with Gasteiger partial charge in [-0.3, -0.25) is 14.9 Å². The van der Waals surface area contributed by atoms with Crippen LogP contribution in [0.4, 0.5) is 5.13 Å². The number of carbonyl (C=O) groups is 2. The fourth-order valence-electron chi connectivity index (χ4n) is 3.68. The van der Waals surface area contributed by atoms with Crippen LogP contribution in [0.5, 0.6) is 0 Å². The van der Waals surface area contributed by atoms with Crippen molar-refractivity contribution in [3.63, 3.8) is 0 Å². The van der Waals surface area contributed by atoms with E-state index in [1.165, 1.54) is 0 Å². The van der Waals surface area contributed by atoms with E-state index in [2.05, 4.69) is 44.2 Å². The lowest BCUT2D eigenvalue weighted by Gasteiger charge is -2.07. The number of nitrogens with zero attached hydrogens (tertiary/aromatic N) is 3. The maximum atomic E-state index is 12.4. The number of nitrogens with one attached hydrogen (secondary N) is 2. The lowest BCUT2D eigenvalue weighted by molar-refractivity contribution is -0.120. The van der Waals surface area contributed by atoms with Gasteiger partial charge >= 0.3 is 0 Å². The highest BCUT2D eigenvalue weighted by atomic mass is 35.5. The van der Waals surface area contributed by atoms with Crippen LogP contribution < -0.4 is 10.7 Å². The summed E-state index contributed by atoms with van der Waals surface area (Å²) in [5.74, 6) is -0.668. The summed E-state index contributed by atoms with van der Waals surface area (Å²) in [7, 11) is 0. The van der Waals surface area contributed by atoms with Gasteiger partial charge in [-0.05, 0) is 51.9 Å². The Labute approximate surface area is 209 Å². The van der Waals surface area contributed by atoms with Crippen molar-refractivity contribution in [2.75, 3.05) is 5.32 Å². The number of rotatable bonds is 6. The molecule has 0 aliphatic carbocycles. The van der Waals surface area contributed by atoms with Gasteiger partial charge in [-0.25, -0.2) is 5.43 Å². The molecule has 9 heteroatoms. The Morgan fingerprint density at radius 3 is 2.26 bits per heavy atom. The largest absolute Gasteiger partial charge is 0.296 e. The van der Waals surface area contributed by atoms with E-state index in [-0.39, 0.29) is 18.2 Å². The molecule has 2 N–H and O–H groups in total. The van der Waals surface area contributed by atoms with Crippen molar-refractivity contribution in [1.82, 2.24) is 15.6 Å². The molecule has 0 radical (unpaired) electrons. The molecule has 7 nitrogen and oxygen atoms in total. The molecule has 5 aromatic rings. The lowest BCUT2D eigenvalue weighted by atomic mass is 9.97. The van der Waals surface area contributed by atoms with Crippen LogP contribution in [0.1, 0.15) is 20.9 Å². The van der Waals surface area contributed by atoms with Crippen LogP contribution in [0.2, 0.25) is 5.02 Å². The highest BCUT2D eigenvalue weighted by Gasteiger charge is 2.13. The van der Waals surface area contributed by atoms with Crippen molar-refractivity contribution < 1.29 is 9.59 Å². The summed E-state index contributed by atoms with van der Waals surface area (Å²) >= 11 is 6.98. The normalized spacial score (nSPS) is 11.2. The zero-order valence-corrected chi connectivity index (χ0v) is 19.8. The monoisotopic (exact) mass is 499 g/mol. The first-order valence-corrected chi connectivity index (χ1v) is 11.9. The number of aromatic nitrogens is 2. The third-order valence-electron chi connectivity index (χ3n) is 5.30. The number of anilines is 1. The highest BCUT2D eigenvalue weighted by molar-refractivity contribution is 7.15. The molecule has 0 fully saturated rings. The van der Waals surface area contributed by atoms with Gasteiger partial charge in [0.1, 0.15) is 5.01 Å². The summed E-state index contributed by atoms with van der Waals surface area (Å²) in [5, 5.41) is 20.4. The molecular formula is C26H18ClN5O2S. The van der Waals surface area contributed by atoms with E-state index in [4.69, 9.17) is 11.6 Å². The highest BCUT2D eigenvalue weighted by Crippen LogP contribution is 2.27. The molecule has 35 heavy (non-hydrogen) atoms. The molecule has 5 rings (SSSR count). The summed E-state index contributed by atoms with van der Waals surface area (Å²) in [6, 6.07) is 24.8. The van der Waals surface area contributed by atoms with Crippen molar-refractivity contribution in [3.8, 4) is 0 Å². The smallest absolute Gasteiger partial charge is 0.257 e. The van der Waals surface area contributed by atoms with Gasteiger partial charge in [-0.1, -0.05) is 71.5 Å². The summed E-state index contributed by atoms with van der Waals surface area (Å²) in [5.41, 5.74) is 3.94. The van der Waals surface area contributed by atoms with Crippen LogP contribution >= 0.6 is 22.9 Å². The van der Waals surface area contributed by atoms with Gasteiger partial charge in [0.05, 0.1) is 12.6 Å². The van der Waals surface area contributed by atoms with E-state index in [0.717, 1.165) is 38.4 Å². The summed E-state index contributed by atoms with van der Waals surface area (Å²) in [6.07, 6.45) is 1.66. The van der Waals surface area contributed by atoms with Crippen LogP contribution in [0.3, 0.4) is 0 Å². The van der Waals surface area contributed by atoms with Gasteiger partial charge in [-0.2, -0.15) is 5.10 Å². The van der Waals surface area contributed by atoms with E-state index in [0.29, 0.717) is 20.7 Å². The topological polar surface area (TPSA) is 96.3 Å². The summed E-state index contributed by atoms with van der Waals surface area (Å²) < 4.78 is 0. The Kier molecular flexibility index (Phi) is 6.47. The Hall–Kier alpha value is -4.14. The first kappa shape index (κ1) is 22.6. The second-order valence-electron chi connectivity index (χ2n) is 7.66. The van der Waals surface area contributed by atoms with Crippen LogP contribution in [-0.4, -0.2) is 28.2 Å². The molecule has 0 atom stereocenters. The van der Waals surface area contributed by atoms with Crippen molar-refractivity contribution in [2.24, 2.45) is 5.10 Å². The molecule has 0 saturated heterocycles. The van der Waals surface area contributed by atoms with Crippen LogP contribution in [0.25, 0.3) is 21.5 Å². The van der Waals surface area contributed by atoms with Crippen molar-refractivity contribution >= 4 is 67.6 Å². The second-order valence-corrected chi connectivity index (χ2v) is 9.16. The molecule has 0 saturated carbocycles. The fourth-order valence-corrected chi connectivity index (χ4v) is 4.54. The average Bonchev–Trinajstić information content (AvgIpc) is 3.30. The summed E-state index contributed by atoms with van der Waals surface area (Å²) in [6.45, 7) is 0. The molecule has 0 spiro atoms. The van der Waals surface area contributed by atoms with Gasteiger partial charge < -0.3 is 0 Å². The van der Waals surface area contributed by atoms with Crippen LogP contribution in [0, 0.1) is 0 Å². The Bertz CT molecular complexity index is 1530. The number of hydrogen-bond donors (Lipinski definition) is 2. The Morgan fingerprint density at radius 2 is 1.57 bits per heavy atom. The predicted octanol–water partition coefficient (Wildman–Crippen LogP) is 5.44. The molecule has 172 valence electrons. The first-order valence-electron chi connectivity index (χ1n) is 10.7. The number of hydrazone groups is 1. The molecule has 1 heterocycles. The van der Waals surface area contributed by atoms with E-state index in [1.807, 2.05) is 36.4 Å². The van der Waals surface area contributed by atoms with Crippen molar-refractivity contribution in [3.05, 3.63) is 100 Å². The van der Waals surface area contributed by atoms with Gasteiger partial charge in [0.15, 0.2) is 0 Å². The molecule has 1 aromatic heterocycles. The van der Waals surface area contributed by atoms with Gasteiger partial charge in [0.25, 0.3) is 5.91 Å². The van der Waals surface area contributed by atoms with Crippen molar-refractivity contribution in [1.29, 1.82) is 0 Å². The number of hydrogen-bond acceptors (Lipinski definition) is 6. The third-order valence-corrected chi connectivity index (χ3v) is 6.39. The predicted molar refractivity (Wildman–Crippen MR) is 140 cm³/mol. The number of benzene rings is 4. The maximum Gasteiger partial charge on any atom is 0.257 e. The minimum absolute atomic E-state index is 0.0118. The molecule has 0 aliphatic rings. The van der Waals surface area contributed by atoms with Gasteiger partial charge in [-0.15, -0.1) is 10.2 Å². The molecule has 0 aliphatic heterocycles. The van der Waals surface area contributed by atoms with Crippen molar-refractivity contribution in [2.45, 2.75) is 6.42 Å². The molecule has 0 bridgehead atoms. The van der Waals surface area contributed by atoms with E-state index < -0.39 is 0 Å². The van der Waals surface area contributed by atoms with E-state index in [1.54, 1.807) is 30.5 Å². The minimum atomic E-state index is -0.336. The van der Waals surface area contributed by atoms with Gasteiger partial charge in [0.2, 0.25) is 11.0 Å². The van der Waals surface area contributed by atoms with Gasteiger partial charge in [0, 0.05) is 16.1 Å².